The number of aryl methyl sites for hydroxylation is 3. The molecule has 3 heteroatoms. The number of hydrogen-bond donors (Lipinski definition) is 1. The van der Waals surface area contributed by atoms with E-state index in [4.69, 9.17) is 9.15 Å². The molecule has 0 spiro atoms. The first-order valence-corrected chi connectivity index (χ1v) is 7.30. The van der Waals surface area contributed by atoms with Gasteiger partial charge in [-0.05, 0) is 58.4 Å². The second-order valence-corrected chi connectivity index (χ2v) is 5.60. The lowest BCUT2D eigenvalue weighted by molar-refractivity contribution is 0.401. The Morgan fingerprint density at radius 2 is 1.67 bits per heavy atom. The van der Waals surface area contributed by atoms with Gasteiger partial charge in [0.05, 0.1) is 13.2 Å². The van der Waals surface area contributed by atoms with Crippen molar-refractivity contribution in [2.24, 2.45) is 0 Å². The van der Waals surface area contributed by atoms with Crippen molar-refractivity contribution in [3.05, 3.63) is 51.5 Å². The fraction of sp³-hybridized carbons (Fsp3) is 0.444. The summed E-state index contributed by atoms with van der Waals surface area (Å²) in [4.78, 5) is 0. The van der Waals surface area contributed by atoms with Crippen molar-refractivity contribution in [3.63, 3.8) is 0 Å². The lowest BCUT2D eigenvalue weighted by atomic mass is 9.92. The van der Waals surface area contributed by atoms with Crippen molar-refractivity contribution in [1.82, 2.24) is 5.32 Å². The highest BCUT2D eigenvalue weighted by molar-refractivity contribution is 5.51. The Hall–Kier alpha value is -1.74. The smallest absolute Gasteiger partial charge is 0.127 e. The highest BCUT2D eigenvalue weighted by atomic mass is 16.5. The molecule has 21 heavy (non-hydrogen) atoms. The average Bonchev–Trinajstić information content (AvgIpc) is 2.70. The molecule has 3 nitrogen and oxygen atoms in total. The lowest BCUT2D eigenvalue weighted by Gasteiger charge is -2.22. The first-order valence-electron chi connectivity index (χ1n) is 7.30. The zero-order valence-corrected chi connectivity index (χ0v) is 14.0. The molecule has 0 aliphatic rings. The van der Waals surface area contributed by atoms with Gasteiger partial charge in [-0.2, -0.15) is 0 Å². The standard InChI is InChI=1S/C18H25NO2/c1-10-8-9-15(18(20-7)11(10)2)17(19-6)16-12(3)13(4)21-14(16)5/h8-9,17,19H,1-7H3. The van der Waals surface area contributed by atoms with E-state index in [1.165, 1.54) is 22.3 Å². The molecule has 0 saturated heterocycles. The van der Waals surface area contributed by atoms with E-state index in [1.807, 2.05) is 20.9 Å². The summed E-state index contributed by atoms with van der Waals surface area (Å²) in [6.45, 7) is 10.3. The van der Waals surface area contributed by atoms with E-state index in [9.17, 15) is 0 Å². The molecular formula is C18H25NO2. The first kappa shape index (κ1) is 15.6. The molecule has 114 valence electrons. The van der Waals surface area contributed by atoms with Crippen LogP contribution in [0.2, 0.25) is 0 Å². The molecule has 2 rings (SSSR count). The summed E-state index contributed by atoms with van der Waals surface area (Å²) in [5.41, 5.74) is 5.98. The topological polar surface area (TPSA) is 34.4 Å². The van der Waals surface area contributed by atoms with Gasteiger partial charge in [-0.25, -0.2) is 0 Å². The molecule has 1 unspecified atom stereocenters. The molecule has 1 aromatic heterocycles. The summed E-state index contributed by atoms with van der Waals surface area (Å²) in [5.74, 6) is 2.89. The quantitative estimate of drug-likeness (QED) is 0.917. The van der Waals surface area contributed by atoms with Crippen LogP contribution < -0.4 is 10.1 Å². The van der Waals surface area contributed by atoms with Gasteiger partial charge in [-0.15, -0.1) is 0 Å². The first-order chi connectivity index (χ1) is 9.92. The lowest BCUT2D eigenvalue weighted by Crippen LogP contribution is -2.20. The van der Waals surface area contributed by atoms with E-state index < -0.39 is 0 Å². The number of methoxy groups -OCH3 is 1. The van der Waals surface area contributed by atoms with Crippen LogP contribution in [0, 0.1) is 34.6 Å². The minimum absolute atomic E-state index is 0.0664. The Balaban J connectivity index is 2.65. The number of ether oxygens (including phenoxy) is 1. The van der Waals surface area contributed by atoms with E-state index in [0.29, 0.717) is 0 Å². The number of nitrogens with one attached hydrogen (secondary N) is 1. The zero-order valence-electron chi connectivity index (χ0n) is 14.0. The minimum atomic E-state index is 0.0664. The summed E-state index contributed by atoms with van der Waals surface area (Å²) in [6, 6.07) is 4.36. The molecule has 1 aromatic carbocycles. The SMILES string of the molecule is CNC(c1ccc(C)c(C)c1OC)c1c(C)oc(C)c1C. The van der Waals surface area contributed by atoms with Crippen LogP contribution in [0.3, 0.4) is 0 Å². The van der Waals surface area contributed by atoms with Crippen molar-refractivity contribution >= 4 is 0 Å². The van der Waals surface area contributed by atoms with Gasteiger partial charge >= 0.3 is 0 Å². The summed E-state index contributed by atoms with van der Waals surface area (Å²) < 4.78 is 11.5. The third-order valence-corrected chi connectivity index (χ3v) is 4.42. The molecule has 0 amide bonds. The van der Waals surface area contributed by atoms with Crippen LogP contribution in [0.4, 0.5) is 0 Å². The van der Waals surface area contributed by atoms with Crippen molar-refractivity contribution in [2.75, 3.05) is 14.2 Å². The number of benzene rings is 1. The zero-order chi connectivity index (χ0) is 15.7. The number of rotatable bonds is 4. The van der Waals surface area contributed by atoms with E-state index >= 15 is 0 Å². The highest BCUT2D eigenvalue weighted by Crippen LogP contribution is 2.37. The van der Waals surface area contributed by atoms with Crippen LogP contribution in [0.1, 0.15) is 45.4 Å². The molecular weight excluding hydrogens is 262 g/mol. The Morgan fingerprint density at radius 3 is 2.14 bits per heavy atom. The van der Waals surface area contributed by atoms with Crippen molar-refractivity contribution in [3.8, 4) is 5.75 Å². The molecule has 2 aromatic rings. The molecule has 0 fully saturated rings. The maximum Gasteiger partial charge on any atom is 0.127 e. The maximum atomic E-state index is 5.80. The number of hydrogen-bond acceptors (Lipinski definition) is 3. The van der Waals surface area contributed by atoms with Crippen LogP contribution in [0.15, 0.2) is 16.5 Å². The Labute approximate surface area is 127 Å². The van der Waals surface area contributed by atoms with Crippen molar-refractivity contribution < 1.29 is 9.15 Å². The summed E-state index contributed by atoms with van der Waals surface area (Å²) in [6.07, 6.45) is 0. The average molecular weight is 287 g/mol. The fourth-order valence-corrected chi connectivity index (χ4v) is 3.00. The fourth-order valence-electron chi connectivity index (χ4n) is 3.00. The Kier molecular flexibility index (Phi) is 4.43. The van der Waals surface area contributed by atoms with Gasteiger partial charge in [0.15, 0.2) is 0 Å². The molecule has 0 radical (unpaired) electrons. The van der Waals surface area contributed by atoms with Gasteiger partial charge in [-0.1, -0.05) is 12.1 Å². The molecule has 1 N–H and O–H groups in total. The number of furan rings is 1. The molecule has 0 aliphatic heterocycles. The van der Waals surface area contributed by atoms with Crippen LogP contribution in [0.5, 0.6) is 5.75 Å². The van der Waals surface area contributed by atoms with Crippen LogP contribution in [-0.2, 0) is 0 Å². The van der Waals surface area contributed by atoms with Crippen molar-refractivity contribution in [2.45, 2.75) is 40.7 Å². The van der Waals surface area contributed by atoms with Gasteiger partial charge in [0.25, 0.3) is 0 Å². The van der Waals surface area contributed by atoms with Crippen LogP contribution >= 0.6 is 0 Å². The van der Waals surface area contributed by atoms with Crippen LogP contribution in [-0.4, -0.2) is 14.2 Å². The predicted molar refractivity (Wildman–Crippen MR) is 86.3 cm³/mol. The van der Waals surface area contributed by atoms with E-state index in [1.54, 1.807) is 7.11 Å². The summed E-state index contributed by atoms with van der Waals surface area (Å²) in [5, 5.41) is 3.41. The Morgan fingerprint density at radius 1 is 1.00 bits per heavy atom. The van der Waals surface area contributed by atoms with Gasteiger partial charge < -0.3 is 14.5 Å². The monoisotopic (exact) mass is 287 g/mol. The molecule has 0 bridgehead atoms. The van der Waals surface area contributed by atoms with E-state index in [-0.39, 0.29) is 6.04 Å². The van der Waals surface area contributed by atoms with Gasteiger partial charge in [0.1, 0.15) is 17.3 Å². The summed E-state index contributed by atoms with van der Waals surface area (Å²) >= 11 is 0. The molecule has 1 atom stereocenters. The third-order valence-electron chi connectivity index (χ3n) is 4.42. The minimum Gasteiger partial charge on any atom is -0.496 e. The second-order valence-electron chi connectivity index (χ2n) is 5.60. The largest absolute Gasteiger partial charge is 0.496 e. The van der Waals surface area contributed by atoms with Gasteiger partial charge in [0.2, 0.25) is 0 Å². The van der Waals surface area contributed by atoms with E-state index in [2.05, 4.69) is 38.2 Å². The Bertz CT molecular complexity index is 656. The molecule has 0 saturated carbocycles. The van der Waals surface area contributed by atoms with Crippen LogP contribution in [0.25, 0.3) is 0 Å². The van der Waals surface area contributed by atoms with Gasteiger partial charge in [0, 0.05) is 11.1 Å². The van der Waals surface area contributed by atoms with Crippen molar-refractivity contribution in [1.29, 1.82) is 0 Å². The maximum absolute atomic E-state index is 5.80. The predicted octanol–water partition coefficient (Wildman–Crippen LogP) is 4.14. The molecule has 1 heterocycles. The molecule has 0 aliphatic carbocycles. The highest BCUT2D eigenvalue weighted by Gasteiger charge is 2.25. The second kappa shape index (κ2) is 5.94. The van der Waals surface area contributed by atoms with Gasteiger partial charge in [-0.3, -0.25) is 0 Å². The summed E-state index contributed by atoms with van der Waals surface area (Å²) in [7, 11) is 3.71. The third kappa shape index (κ3) is 2.58. The van der Waals surface area contributed by atoms with E-state index in [0.717, 1.165) is 22.8 Å². The normalized spacial score (nSPS) is 12.5.